The van der Waals surface area contributed by atoms with Crippen LogP contribution in [-0.4, -0.2) is 37.8 Å². The lowest BCUT2D eigenvalue weighted by Gasteiger charge is -2.35. The van der Waals surface area contributed by atoms with Crippen molar-refractivity contribution in [2.45, 2.75) is 32.8 Å². The fourth-order valence-corrected chi connectivity index (χ4v) is 2.79. The summed E-state index contributed by atoms with van der Waals surface area (Å²) in [4.78, 5) is 18.6. The Balaban J connectivity index is 2.12. The van der Waals surface area contributed by atoms with Crippen LogP contribution in [0.5, 0.6) is 5.88 Å². The molecule has 0 spiro atoms. The molecular weight excluding hydrogens is 268 g/mol. The van der Waals surface area contributed by atoms with Gasteiger partial charge in [0.1, 0.15) is 0 Å². The second kappa shape index (κ2) is 6.89. The van der Waals surface area contributed by atoms with Crippen LogP contribution in [-0.2, 0) is 9.53 Å². The van der Waals surface area contributed by atoms with E-state index in [-0.39, 0.29) is 17.9 Å². The number of pyridine rings is 1. The van der Waals surface area contributed by atoms with Crippen LogP contribution in [0.1, 0.15) is 26.7 Å². The molecule has 1 amide bonds. The van der Waals surface area contributed by atoms with Crippen LogP contribution in [0.2, 0.25) is 0 Å². The standard InChI is InChI=1S/C16H24N2O3/c1-11(2)15-13(6-5-9-21-15)16(19)18(3)12-7-8-14(20-4)17-10-12/h7-8,10-11,13,15H,5-6,9H2,1-4H3/t13-,15-/m0/s1. The SMILES string of the molecule is COc1ccc(N(C)C(=O)[C@H]2CCCO[C@H]2C(C)C)cn1. The van der Waals surface area contributed by atoms with Gasteiger partial charge in [0.25, 0.3) is 0 Å². The molecule has 21 heavy (non-hydrogen) atoms. The first-order chi connectivity index (χ1) is 10.0. The van der Waals surface area contributed by atoms with E-state index in [1.165, 1.54) is 0 Å². The topological polar surface area (TPSA) is 51.7 Å². The predicted molar refractivity (Wildman–Crippen MR) is 81.5 cm³/mol. The summed E-state index contributed by atoms with van der Waals surface area (Å²) in [6.07, 6.45) is 3.48. The first-order valence-corrected chi connectivity index (χ1v) is 7.43. The number of rotatable bonds is 4. The summed E-state index contributed by atoms with van der Waals surface area (Å²) in [6, 6.07) is 3.61. The first-order valence-electron chi connectivity index (χ1n) is 7.43. The van der Waals surface area contributed by atoms with Crippen LogP contribution in [0, 0.1) is 11.8 Å². The fraction of sp³-hybridized carbons (Fsp3) is 0.625. The number of anilines is 1. The number of carbonyl (C=O) groups excluding carboxylic acids is 1. The Morgan fingerprint density at radius 3 is 2.81 bits per heavy atom. The van der Waals surface area contributed by atoms with Gasteiger partial charge in [-0.3, -0.25) is 4.79 Å². The normalized spacial score (nSPS) is 22.1. The number of carbonyl (C=O) groups is 1. The summed E-state index contributed by atoms with van der Waals surface area (Å²) in [6.45, 7) is 4.96. The van der Waals surface area contributed by atoms with Gasteiger partial charge in [-0.15, -0.1) is 0 Å². The molecule has 0 saturated carbocycles. The fourth-order valence-electron chi connectivity index (χ4n) is 2.79. The average Bonchev–Trinajstić information content (AvgIpc) is 2.53. The van der Waals surface area contributed by atoms with Crippen molar-refractivity contribution in [2.75, 3.05) is 25.7 Å². The van der Waals surface area contributed by atoms with E-state index < -0.39 is 0 Å². The van der Waals surface area contributed by atoms with Gasteiger partial charge in [-0.1, -0.05) is 13.8 Å². The van der Waals surface area contributed by atoms with E-state index in [0.29, 0.717) is 11.8 Å². The number of hydrogen-bond acceptors (Lipinski definition) is 4. The van der Waals surface area contributed by atoms with Gasteiger partial charge >= 0.3 is 0 Å². The monoisotopic (exact) mass is 292 g/mol. The summed E-state index contributed by atoms with van der Waals surface area (Å²) in [5.41, 5.74) is 0.772. The smallest absolute Gasteiger partial charge is 0.232 e. The molecule has 0 aliphatic carbocycles. The van der Waals surface area contributed by atoms with Gasteiger partial charge in [0.15, 0.2) is 0 Å². The van der Waals surface area contributed by atoms with E-state index in [0.717, 1.165) is 25.1 Å². The van der Waals surface area contributed by atoms with Crippen LogP contribution in [0.15, 0.2) is 18.3 Å². The average molecular weight is 292 g/mol. The van der Waals surface area contributed by atoms with Crippen molar-refractivity contribution in [3.63, 3.8) is 0 Å². The number of methoxy groups -OCH3 is 1. The van der Waals surface area contributed by atoms with E-state index in [9.17, 15) is 4.79 Å². The third-order valence-electron chi connectivity index (χ3n) is 3.99. The number of hydrogen-bond donors (Lipinski definition) is 0. The summed E-state index contributed by atoms with van der Waals surface area (Å²) in [5, 5.41) is 0. The molecule has 1 aromatic rings. The lowest BCUT2D eigenvalue weighted by atomic mass is 9.86. The molecule has 1 saturated heterocycles. The molecule has 2 rings (SSSR count). The molecule has 1 aliphatic heterocycles. The Hall–Kier alpha value is -1.62. The Bertz CT molecular complexity index is 473. The van der Waals surface area contributed by atoms with Gasteiger partial charge < -0.3 is 14.4 Å². The Kier molecular flexibility index (Phi) is 5.17. The maximum atomic E-state index is 12.8. The molecule has 2 heterocycles. The summed E-state index contributed by atoms with van der Waals surface area (Å²) < 4.78 is 10.9. The Labute approximate surface area is 126 Å². The maximum absolute atomic E-state index is 12.8. The van der Waals surface area contributed by atoms with E-state index >= 15 is 0 Å². The molecule has 1 aromatic heterocycles. The zero-order valence-corrected chi connectivity index (χ0v) is 13.2. The molecule has 5 heteroatoms. The van der Waals surface area contributed by atoms with Crippen LogP contribution < -0.4 is 9.64 Å². The second-order valence-corrected chi connectivity index (χ2v) is 5.78. The zero-order chi connectivity index (χ0) is 15.4. The number of nitrogens with zero attached hydrogens (tertiary/aromatic N) is 2. The lowest BCUT2D eigenvalue weighted by Crippen LogP contribution is -2.44. The minimum atomic E-state index is -0.0779. The van der Waals surface area contributed by atoms with E-state index in [2.05, 4.69) is 18.8 Å². The quantitative estimate of drug-likeness (QED) is 0.855. The molecule has 0 radical (unpaired) electrons. The zero-order valence-electron chi connectivity index (χ0n) is 13.2. The van der Waals surface area contributed by atoms with E-state index in [1.54, 1.807) is 31.3 Å². The Morgan fingerprint density at radius 2 is 2.24 bits per heavy atom. The van der Waals surface area contributed by atoms with E-state index in [1.807, 2.05) is 6.07 Å². The minimum absolute atomic E-state index is 0.0000856. The highest BCUT2D eigenvalue weighted by molar-refractivity contribution is 5.94. The highest BCUT2D eigenvalue weighted by atomic mass is 16.5. The summed E-state index contributed by atoms with van der Waals surface area (Å²) >= 11 is 0. The van der Waals surface area contributed by atoms with Gasteiger partial charge in [0, 0.05) is 19.7 Å². The van der Waals surface area contributed by atoms with Gasteiger partial charge in [-0.2, -0.15) is 0 Å². The van der Waals surface area contributed by atoms with Crippen molar-refractivity contribution in [2.24, 2.45) is 11.8 Å². The molecule has 0 unspecified atom stereocenters. The number of aromatic nitrogens is 1. The minimum Gasteiger partial charge on any atom is -0.481 e. The van der Waals surface area contributed by atoms with Gasteiger partial charge in [0.05, 0.1) is 31.0 Å². The van der Waals surface area contributed by atoms with Crippen LogP contribution >= 0.6 is 0 Å². The molecule has 0 N–H and O–H groups in total. The van der Waals surface area contributed by atoms with E-state index in [4.69, 9.17) is 9.47 Å². The van der Waals surface area contributed by atoms with Crippen molar-refractivity contribution < 1.29 is 14.3 Å². The number of ether oxygens (including phenoxy) is 2. The third kappa shape index (κ3) is 3.53. The second-order valence-electron chi connectivity index (χ2n) is 5.78. The first kappa shape index (κ1) is 15.8. The van der Waals surface area contributed by atoms with Gasteiger partial charge in [0.2, 0.25) is 11.8 Å². The van der Waals surface area contributed by atoms with Crippen molar-refractivity contribution >= 4 is 11.6 Å². The molecule has 1 aliphatic rings. The summed E-state index contributed by atoms with van der Waals surface area (Å²) in [5.74, 6) is 0.897. The van der Waals surface area contributed by atoms with Gasteiger partial charge in [-0.25, -0.2) is 4.98 Å². The predicted octanol–water partition coefficient (Wildman–Crippen LogP) is 2.50. The molecule has 0 aromatic carbocycles. The Morgan fingerprint density at radius 1 is 1.48 bits per heavy atom. The molecule has 1 fully saturated rings. The third-order valence-corrected chi connectivity index (χ3v) is 3.99. The number of amides is 1. The van der Waals surface area contributed by atoms with Crippen molar-refractivity contribution in [3.05, 3.63) is 18.3 Å². The molecular formula is C16H24N2O3. The van der Waals surface area contributed by atoms with Gasteiger partial charge in [-0.05, 0) is 24.8 Å². The molecule has 5 nitrogen and oxygen atoms in total. The summed E-state index contributed by atoms with van der Waals surface area (Å²) in [7, 11) is 3.36. The highest BCUT2D eigenvalue weighted by Gasteiger charge is 2.35. The largest absolute Gasteiger partial charge is 0.481 e. The van der Waals surface area contributed by atoms with Crippen LogP contribution in [0.3, 0.4) is 0 Å². The molecule has 0 bridgehead atoms. The van der Waals surface area contributed by atoms with Crippen LogP contribution in [0.4, 0.5) is 5.69 Å². The maximum Gasteiger partial charge on any atom is 0.232 e. The molecule has 2 atom stereocenters. The highest BCUT2D eigenvalue weighted by Crippen LogP contribution is 2.29. The van der Waals surface area contributed by atoms with Crippen molar-refractivity contribution in [1.82, 2.24) is 4.98 Å². The van der Waals surface area contributed by atoms with Crippen molar-refractivity contribution in [1.29, 1.82) is 0 Å². The van der Waals surface area contributed by atoms with Crippen LogP contribution in [0.25, 0.3) is 0 Å². The lowest BCUT2D eigenvalue weighted by molar-refractivity contribution is -0.134. The van der Waals surface area contributed by atoms with Crippen molar-refractivity contribution in [3.8, 4) is 5.88 Å². The molecule has 116 valence electrons.